The predicted molar refractivity (Wildman–Crippen MR) is 126 cm³/mol. The average molecular weight is 444 g/mol. The minimum atomic E-state index is -0.839. The van der Waals surface area contributed by atoms with E-state index in [0.717, 1.165) is 35.7 Å². The van der Waals surface area contributed by atoms with Gasteiger partial charge in [0.05, 0.1) is 7.11 Å². The van der Waals surface area contributed by atoms with Crippen LogP contribution in [0.3, 0.4) is 0 Å². The number of amides is 2. The highest BCUT2D eigenvalue weighted by Gasteiger charge is 2.26. The molecule has 0 radical (unpaired) electrons. The molecule has 32 heavy (non-hydrogen) atoms. The van der Waals surface area contributed by atoms with Gasteiger partial charge >= 0.3 is 5.97 Å². The second-order valence-electron chi connectivity index (χ2n) is 8.31. The van der Waals surface area contributed by atoms with Crippen molar-refractivity contribution in [2.75, 3.05) is 7.11 Å². The number of para-hydroxylation sites is 1. The summed E-state index contributed by atoms with van der Waals surface area (Å²) < 4.78 is 4.88. The van der Waals surface area contributed by atoms with E-state index in [-0.39, 0.29) is 5.91 Å². The monoisotopic (exact) mass is 443 g/mol. The third kappa shape index (κ3) is 8.02. The molecule has 176 valence electrons. The van der Waals surface area contributed by atoms with Crippen molar-refractivity contribution < 1.29 is 19.1 Å². The molecule has 0 aliphatic rings. The third-order valence-corrected chi connectivity index (χ3v) is 5.68. The van der Waals surface area contributed by atoms with E-state index < -0.39 is 24.0 Å². The summed E-state index contributed by atoms with van der Waals surface area (Å²) >= 11 is 0. The fraction of sp³-hybridized carbons (Fsp3) is 0.560. The van der Waals surface area contributed by atoms with Crippen LogP contribution in [0.5, 0.6) is 0 Å². The summed E-state index contributed by atoms with van der Waals surface area (Å²) in [7, 11) is 1.30. The SMILES string of the molecule is CCCCCCCCCC(=O)NC(C)C(=O)NC(Cc1c[nH]c2ccccc12)C(=O)OC. The predicted octanol–water partition coefficient (Wildman–Crippen LogP) is 4.01. The van der Waals surface area contributed by atoms with Gasteiger partial charge < -0.3 is 20.4 Å². The molecule has 2 rings (SSSR count). The highest BCUT2D eigenvalue weighted by atomic mass is 16.5. The summed E-state index contributed by atoms with van der Waals surface area (Å²) in [5, 5.41) is 6.45. The van der Waals surface area contributed by atoms with Crippen LogP contribution in [-0.4, -0.2) is 42.0 Å². The molecule has 0 saturated carbocycles. The molecule has 2 aromatic rings. The summed E-state index contributed by atoms with van der Waals surface area (Å²) in [5.41, 5.74) is 1.87. The summed E-state index contributed by atoms with van der Waals surface area (Å²) in [6, 6.07) is 6.20. The fourth-order valence-electron chi connectivity index (χ4n) is 3.77. The van der Waals surface area contributed by atoms with E-state index in [9.17, 15) is 14.4 Å². The van der Waals surface area contributed by atoms with Crippen molar-refractivity contribution in [3.63, 3.8) is 0 Å². The van der Waals surface area contributed by atoms with Gasteiger partial charge in [-0.3, -0.25) is 9.59 Å². The standard InChI is InChI=1S/C25H37N3O4/c1-4-5-6-7-8-9-10-15-23(29)27-18(2)24(30)28-22(25(31)32-3)16-19-17-26-21-14-12-11-13-20(19)21/h11-14,17-18,22,26H,4-10,15-16H2,1-3H3,(H,27,29)(H,28,30). The van der Waals surface area contributed by atoms with Gasteiger partial charge in [0.25, 0.3) is 0 Å². The number of nitrogens with one attached hydrogen (secondary N) is 3. The first kappa shape index (κ1) is 25.4. The van der Waals surface area contributed by atoms with Crippen LogP contribution in [0.4, 0.5) is 0 Å². The summed E-state index contributed by atoms with van der Waals surface area (Å²) in [6.07, 6.45) is 10.4. The molecule has 0 aliphatic carbocycles. The van der Waals surface area contributed by atoms with Crippen LogP contribution < -0.4 is 10.6 Å². The van der Waals surface area contributed by atoms with E-state index in [1.54, 1.807) is 6.92 Å². The van der Waals surface area contributed by atoms with E-state index in [1.807, 2.05) is 30.5 Å². The molecule has 2 atom stereocenters. The molecule has 0 saturated heterocycles. The molecule has 0 bridgehead atoms. The van der Waals surface area contributed by atoms with Crippen LogP contribution in [0, 0.1) is 0 Å². The van der Waals surface area contributed by atoms with Crippen LogP contribution in [-0.2, 0) is 25.5 Å². The molecule has 2 unspecified atom stereocenters. The quantitative estimate of drug-likeness (QED) is 0.303. The first-order valence-electron chi connectivity index (χ1n) is 11.7. The zero-order valence-electron chi connectivity index (χ0n) is 19.5. The first-order chi connectivity index (χ1) is 15.5. The van der Waals surface area contributed by atoms with Crippen LogP contribution in [0.15, 0.2) is 30.5 Å². The van der Waals surface area contributed by atoms with Gasteiger partial charge in [0.15, 0.2) is 0 Å². The molecule has 1 heterocycles. The second-order valence-corrected chi connectivity index (χ2v) is 8.31. The number of carbonyl (C=O) groups excluding carboxylic acids is 3. The van der Waals surface area contributed by atoms with E-state index >= 15 is 0 Å². The normalized spacial score (nSPS) is 12.8. The molecule has 0 fully saturated rings. The van der Waals surface area contributed by atoms with Crippen molar-refractivity contribution in [3.05, 3.63) is 36.0 Å². The van der Waals surface area contributed by atoms with Crippen molar-refractivity contribution in [2.24, 2.45) is 0 Å². The minimum Gasteiger partial charge on any atom is -0.467 e. The molecule has 7 nitrogen and oxygen atoms in total. The maximum atomic E-state index is 12.6. The highest BCUT2D eigenvalue weighted by molar-refractivity contribution is 5.91. The number of unbranched alkanes of at least 4 members (excludes halogenated alkanes) is 6. The number of hydrogen-bond donors (Lipinski definition) is 3. The molecule has 0 aliphatic heterocycles. The summed E-state index contributed by atoms with van der Waals surface area (Å²) in [4.78, 5) is 40.3. The lowest BCUT2D eigenvalue weighted by Crippen LogP contribution is -2.51. The number of ether oxygens (including phenoxy) is 1. The Hall–Kier alpha value is -2.83. The molecule has 1 aromatic heterocycles. The summed E-state index contributed by atoms with van der Waals surface area (Å²) in [6.45, 7) is 3.81. The third-order valence-electron chi connectivity index (χ3n) is 5.68. The zero-order valence-corrected chi connectivity index (χ0v) is 19.5. The number of benzene rings is 1. The molecular weight excluding hydrogens is 406 g/mol. The topological polar surface area (TPSA) is 100 Å². The molecule has 3 N–H and O–H groups in total. The Labute approximate surface area is 190 Å². The molecule has 7 heteroatoms. The highest BCUT2D eigenvalue weighted by Crippen LogP contribution is 2.19. The Morgan fingerprint density at radius 2 is 1.69 bits per heavy atom. The number of aromatic nitrogens is 1. The number of H-pyrrole nitrogens is 1. The Bertz CT molecular complexity index is 877. The maximum Gasteiger partial charge on any atom is 0.328 e. The average Bonchev–Trinajstić information content (AvgIpc) is 3.20. The Balaban J connectivity index is 1.82. The Morgan fingerprint density at radius 3 is 2.41 bits per heavy atom. The van der Waals surface area contributed by atoms with Gasteiger partial charge in [-0.15, -0.1) is 0 Å². The van der Waals surface area contributed by atoms with Crippen LogP contribution in [0.25, 0.3) is 10.9 Å². The molecule has 1 aromatic carbocycles. The molecule has 0 spiro atoms. The number of methoxy groups -OCH3 is 1. The van der Waals surface area contributed by atoms with Crippen LogP contribution in [0.2, 0.25) is 0 Å². The van der Waals surface area contributed by atoms with Crippen molar-refractivity contribution in [1.82, 2.24) is 15.6 Å². The minimum absolute atomic E-state index is 0.146. The number of hydrogen-bond acceptors (Lipinski definition) is 4. The Kier molecular flexibility index (Phi) is 10.8. The number of esters is 1. The lowest BCUT2D eigenvalue weighted by Gasteiger charge is -2.20. The van der Waals surface area contributed by atoms with E-state index in [1.165, 1.54) is 32.8 Å². The van der Waals surface area contributed by atoms with Crippen molar-refractivity contribution in [3.8, 4) is 0 Å². The van der Waals surface area contributed by atoms with E-state index in [4.69, 9.17) is 4.74 Å². The maximum absolute atomic E-state index is 12.6. The lowest BCUT2D eigenvalue weighted by atomic mass is 10.0. The molecular formula is C25H37N3O4. The second kappa shape index (κ2) is 13.6. The Morgan fingerprint density at radius 1 is 1.00 bits per heavy atom. The van der Waals surface area contributed by atoms with Crippen molar-refractivity contribution >= 4 is 28.7 Å². The van der Waals surface area contributed by atoms with Gasteiger partial charge in [-0.2, -0.15) is 0 Å². The number of rotatable bonds is 14. The van der Waals surface area contributed by atoms with Gasteiger partial charge in [0.1, 0.15) is 12.1 Å². The van der Waals surface area contributed by atoms with Gasteiger partial charge in [-0.05, 0) is 25.0 Å². The smallest absolute Gasteiger partial charge is 0.328 e. The van der Waals surface area contributed by atoms with Gasteiger partial charge in [-0.25, -0.2) is 4.79 Å². The zero-order chi connectivity index (χ0) is 23.3. The van der Waals surface area contributed by atoms with Gasteiger partial charge in [0, 0.05) is 29.9 Å². The number of fused-ring (bicyclic) bond motifs is 1. The van der Waals surface area contributed by atoms with Crippen molar-refractivity contribution in [1.29, 1.82) is 0 Å². The van der Waals surface area contributed by atoms with Gasteiger partial charge in [0.2, 0.25) is 11.8 Å². The van der Waals surface area contributed by atoms with Crippen LogP contribution >= 0.6 is 0 Å². The summed E-state index contributed by atoms with van der Waals surface area (Å²) in [5.74, 6) is -1.08. The van der Waals surface area contributed by atoms with Gasteiger partial charge in [-0.1, -0.05) is 63.6 Å². The molecule has 2 amide bonds. The largest absolute Gasteiger partial charge is 0.467 e. The number of aromatic amines is 1. The van der Waals surface area contributed by atoms with E-state index in [0.29, 0.717) is 12.8 Å². The van der Waals surface area contributed by atoms with Crippen LogP contribution in [0.1, 0.15) is 70.8 Å². The van der Waals surface area contributed by atoms with Crippen molar-refractivity contribution in [2.45, 2.75) is 83.7 Å². The fourth-order valence-corrected chi connectivity index (χ4v) is 3.77. The van der Waals surface area contributed by atoms with E-state index in [2.05, 4.69) is 22.5 Å². The first-order valence-corrected chi connectivity index (χ1v) is 11.7. The number of carbonyl (C=O) groups is 3. The lowest BCUT2D eigenvalue weighted by molar-refractivity contribution is -0.145.